The Morgan fingerprint density at radius 2 is 2.04 bits per heavy atom. The highest BCUT2D eigenvalue weighted by Crippen LogP contribution is 2.34. The third kappa shape index (κ3) is 3.60. The number of rotatable bonds is 5. The topological polar surface area (TPSA) is 57.0 Å². The van der Waals surface area contributed by atoms with Gasteiger partial charge in [-0.25, -0.2) is 9.48 Å². The van der Waals surface area contributed by atoms with Crippen LogP contribution in [0.1, 0.15) is 61.1 Å². The number of hydrogen-bond acceptors (Lipinski definition) is 4. The largest absolute Gasteiger partial charge is 0.449 e. The zero-order chi connectivity index (χ0) is 18.6. The summed E-state index contributed by atoms with van der Waals surface area (Å²) in [7, 11) is 0. The molecule has 1 aromatic carbocycles. The minimum absolute atomic E-state index is 0.260. The lowest BCUT2D eigenvalue weighted by Gasteiger charge is -2.33. The maximum atomic E-state index is 14.3. The number of benzene rings is 1. The van der Waals surface area contributed by atoms with E-state index in [1.165, 1.54) is 4.68 Å². The molecule has 1 fully saturated rings. The van der Waals surface area contributed by atoms with Crippen LogP contribution in [0.4, 0.5) is 4.39 Å². The van der Waals surface area contributed by atoms with E-state index in [4.69, 9.17) is 4.74 Å². The molecule has 0 aliphatic heterocycles. The van der Waals surface area contributed by atoms with Gasteiger partial charge in [0.1, 0.15) is 5.60 Å². The van der Waals surface area contributed by atoms with Crippen LogP contribution in [0.5, 0.6) is 0 Å². The summed E-state index contributed by atoms with van der Waals surface area (Å²) in [5.41, 5.74) is 2.57. The van der Waals surface area contributed by atoms with Crippen LogP contribution in [-0.2, 0) is 4.74 Å². The molecule has 26 heavy (non-hydrogen) atoms. The molecule has 0 N–H and O–H groups in total. The van der Waals surface area contributed by atoms with Gasteiger partial charge in [0, 0.05) is 6.08 Å². The lowest BCUT2D eigenvalue weighted by molar-refractivity contribution is -0.0131. The van der Waals surface area contributed by atoms with Crippen LogP contribution in [0.15, 0.2) is 48.7 Å². The predicted octanol–water partition coefficient (Wildman–Crippen LogP) is 4.23. The van der Waals surface area contributed by atoms with Gasteiger partial charge in [-0.05, 0) is 38.2 Å². The van der Waals surface area contributed by atoms with Gasteiger partial charge in [-0.2, -0.15) is 4.39 Å². The Morgan fingerprint density at radius 3 is 2.69 bits per heavy atom. The molecule has 136 valence electrons. The van der Waals surface area contributed by atoms with E-state index in [2.05, 4.69) is 22.6 Å². The summed E-state index contributed by atoms with van der Waals surface area (Å²) in [4.78, 5) is 12.8. The van der Waals surface area contributed by atoms with Gasteiger partial charge in [-0.3, -0.25) is 0 Å². The first-order valence-electron chi connectivity index (χ1n) is 8.82. The van der Waals surface area contributed by atoms with Crippen molar-refractivity contribution in [1.82, 2.24) is 15.0 Å². The quantitative estimate of drug-likeness (QED) is 0.595. The van der Waals surface area contributed by atoms with Crippen LogP contribution in [0.25, 0.3) is 0 Å². The van der Waals surface area contributed by atoms with Crippen LogP contribution in [0, 0.1) is 5.95 Å². The number of ether oxygens (including phenoxy) is 1. The molecule has 1 aliphatic rings. The minimum atomic E-state index is -0.925. The van der Waals surface area contributed by atoms with E-state index < -0.39 is 17.5 Å². The second kappa shape index (κ2) is 7.67. The third-order valence-corrected chi connectivity index (χ3v) is 4.86. The lowest BCUT2D eigenvalue weighted by atomic mass is 9.84. The van der Waals surface area contributed by atoms with Gasteiger partial charge in [-0.1, -0.05) is 53.6 Å². The van der Waals surface area contributed by atoms with Crippen LogP contribution in [-0.4, -0.2) is 26.6 Å². The number of halogens is 1. The van der Waals surface area contributed by atoms with Crippen molar-refractivity contribution in [2.45, 2.75) is 50.7 Å². The van der Waals surface area contributed by atoms with E-state index >= 15 is 0 Å². The molecule has 0 saturated heterocycles. The highest BCUT2D eigenvalue weighted by molar-refractivity contribution is 5.88. The third-order valence-electron chi connectivity index (χ3n) is 4.86. The van der Waals surface area contributed by atoms with Crippen molar-refractivity contribution >= 4 is 5.97 Å². The molecule has 6 heteroatoms. The van der Waals surface area contributed by atoms with E-state index in [1.54, 1.807) is 6.08 Å². The molecule has 2 aromatic rings. The van der Waals surface area contributed by atoms with Crippen LogP contribution in [0.2, 0.25) is 0 Å². The molecular formula is C20H22FN3O2. The van der Waals surface area contributed by atoms with E-state index in [0.717, 1.165) is 24.8 Å². The number of carbonyl (C=O) groups excluding carboxylic acids is 1. The molecule has 0 radical (unpaired) electrons. The molecule has 1 atom stereocenters. The van der Waals surface area contributed by atoms with Crippen LogP contribution < -0.4 is 0 Å². The first-order chi connectivity index (χ1) is 12.6. The fraction of sp³-hybridized carbons (Fsp3) is 0.400. The number of carbonyl (C=O) groups is 1. The summed E-state index contributed by atoms with van der Waals surface area (Å²) in [6, 6.07) is 9.08. The number of hydrogen-bond donors (Lipinski definition) is 0. The zero-order valence-corrected chi connectivity index (χ0v) is 14.8. The summed E-state index contributed by atoms with van der Waals surface area (Å²) in [5.74, 6) is -1.69. The van der Waals surface area contributed by atoms with Crippen molar-refractivity contribution < 1.29 is 13.9 Å². The normalized spacial score (nSPS) is 17.2. The average Bonchev–Trinajstić information content (AvgIpc) is 3.04. The van der Waals surface area contributed by atoms with Gasteiger partial charge in [0.2, 0.25) is 5.69 Å². The summed E-state index contributed by atoms with van der Waals surface area (Å²) in [5, 5.41) is 7.28. The summed E-state index contributed by atoms with van der Waals surface area (Å²) in [6.45, 7) is 5.43. The predicted molar refractivity (Wildman–Crippen MR) is 95.2 cm³/mol. The standard InChI is InChI=1S/C20H22FN3O2/c1-3-12-20(13-8-5-9-14-20)26-19(25)17-18(21)22-23-24(17)15(2)16-10-6-4-7-11-16/h4,6-7,10-12,15H,1,5,8-9,13-14H2,2H3/t15-/m1/s1. The number of nitrogens with zero attached hydrogens (tertiary/aromatic N) is 3. The minimum Gasteiger partial charge on any atom is -0.449 e. The molecule has 1 saturated carbocycles. The molecule has 0 spiro atoms. The second-order valence-corrected chi connectivity index (χ2v) is 6.62. The first kappa shape index (κ1) is 18.1. The fourth-order valence-electron chi connectivity index (χ4n) is 3.44. The summed E-state index contributed by atoms with van der Waals surface area (Å²) >= 11 is 0. The van der Waals surface area contributed by atoms with Gasteiger partial charge in [0.25, 0.3) is 5.95 Å². The Labute approximate surface area is 152 Å². The highest BCUT2D eigenvalue weighted by Gasteiger charge is 2.36. The first-order valence-corrected chi connectivity index (χ1v) is 8.82. The lowest BCUT2D eigenvalue weighted by Crippen LogP contribution is -2.36. The monoisotopic (exact) mass is 355 g/mol. The van der Waals surface area contributed by atoms with Gasteiger partial charge >= 0.3 is 5.97 Å². The van der Waals surface area contributed by atoms with E-state index in [1.807, 2.05) is 37.3 Å². The molecule has 0 amide bonds. The molecule has 3 rings (SSSR count). The Kier molecular flexibility index (Phi) is 5.33. The van der Waals surface area contributed by atoms with Gasteiger partial charge in [-0.15, -0.1) is 5.73 Å². The molecule has 1 aliphatic carbocycles. The SMILES string of the molecule is C=C=CC1(OC(=O)c2c(F)nnn2[C@H](C)c2ccccc2)CCCCC1. The van der Waals surface area contributed by atoms with Crippen molar-refractivity contribution in [2.75, 3.05) is 0 Å². The summed E-state index contributed by atoms with van der Waals surface area (Å²) < 4.78 is 21.3. The maximum Gasteiger partial charge on any atom is 0.362 e. The van der Waals surface area contributed by atoms with Gasteiger partial charge in [0.15, 0.2) is 0 Å². The van der Waals surface area contributed by atoms with Crippen molar-refractivity contribution in [3.05, 3.63) is 65.9 Å². The van der Waals surface area contributed by atoms with Gasteiger partial charge in [0.05, 0.1) is 6.04 Å². The van der Waals surface area contributed by atoms with Gasteiger partial charge < -0.3 is 4.74 Å². The second-order valence-electron chi connectivity index (χ2n) is 6.62. The zero-order valence-electron chi connectivity index (χ0n) is 14.8. The highest BCUT2D eigenvalue weighted by atomic mass is 19.1. The van der Waals surface area contributed by atoms with Crippen molar-refractivity contribution in [3.63, 3.8) is 0 Å². The Bertz CT molecular complexity index is 819. The molecule has 1 aromatic heterocycles. The number of esters is 1. The molecule has 1 heterocycles. The van der Waals surface area contributed by atoms with Crippen molar-refractivity contribution in [2.24, 2.45) is 0 Å². The molecule has 0 bridgehead atoms. The Hall–Kier alpha value is -2.72. The average molecular weight is 355 g/mol. The molecular weight excluding hydrogens is 333 g/mol. The van der Waals surface area contributed by atoms with E-state index in [-0.39, 0.29) is 11.7 Å². The Balaban J connectivity index is 1.90. The smallest absolute Gasteiger partial charge is 0.362 e. The van der Waals surface area contributed by atoms with Crippen molar-refractivity contribution in [3.8, 4) is 0 Å². The van der Waals surface area contributed by atoms with Crippen molar-refractivity contribution in [1.29, 1.82) is 0 Å². The summed E-state index contributed by atoms with van der Waals surface area (Å²) in [6.07, 6.45) is 6.00. The molecule has 5 nitrogen and oxygen atoms in total. The van der Waals surface area contributed by atoms with E-state index in [0.29, 0.717) is 12.8 Å². The molecule has 0 unspecified atom stereocenters. The maximum absolute atomic E-state index is 14.3. The number of aromatic nitrogens is 3. The Morgan fingerprint density at radius 1 is 1.35 bits per heavy atom. The van der Waals surface area contributed by atoms with Crippen LogP contribution >= 0.6 is 0 Å². The fourth-order valence-corrected chi connectivity index (χ4v) is 3.44. The van der Waals surface area contributed by atoms with E-state index in [9.17, 15) is 9.18 Å². The van der Waals surface area contributed by atoms with Crippen LogP contribution in [0.3, 0.4) is 0 Å².